The molecule has 4 rings (SSSR count). The van der Waals surface area contributed by atoms with Crippen molar-refractivity contribution in [2.45, 2.75) is 13.0 Å². The van der Waals surface area contributed by atoms with Crippen molar-refractivity contribution >= 4 is 56.6 Å². The van der Waals surface area contributed by atoms with E-state index in [0.717, 1.165) is 23.9 Å². The van der Waals surface area contributed by atoms with Gasteiger partial charge in [-0.25, -0.2) is 22.7 Å². The lowest BCUT2D eigenvalue weighted by Gasteiger charge is -2.26. The van der Waals surface area contributed by atoms with E-state index in [-0.39, 0.29) is 17.8 Å². The van der Waals surface area contributed by atoms with Gasteiger partial charge in [-0.15, -0.1) is 5.06 Å². The minimum atomic E-state index is -3.78. The number of hydrogen-bond acceptors (Lipinski definition) is 8. The molecule has 0 aliphatic carbocycles. The molecule has 0 spiro atoms. The van der Waals surface area contributed by atoms with Gasteiger partial charge in [0.25, 0.3) is 11.8 Å². The number of carbonyl (C=O) groups is 4. The van der Waals surface area contributed by atoms with E-state index in [1.807, 2.05) is 40.0 Å². The third kappa shape index (κ3) is 6.70. The zero-order chi connectivity index (χ0) is 28.2. The fourth-order valence-electron chi connectivity index (χ4n) is 3.96. The van der Waals surface area contributed by atoms with E-state index in [4.69, 9.17) is 4.84 Å². The van der Waals surface area contributed by atoms with Crippen molar-refractivity contribution < 1.29 is 32.4 Å². The van der Waals surface area contributed by atoms with Crippen LogP contribution in [0, 0.1) is 0 Å². The third-order valence-corrected chi connectivity index (χ3v) is 6.06. The monoisotopic (exact) mass is 551 g/mol. The van der Waals surface area contributed by atoms with E-state index < -0.39 is 39.9 Å². The Kier molecular flexibility index (Phi) is 7.81. The molecule has 3 aromatic rings. The number of anilines is 4. The minimum Gasteiger partial charge on any atom is -0.337 e. The van der Waals surface area contributed by atoms with E-state index in [0.29, 0.717) is 11.4 Å². The van der Waals surface area contributed by atoms with Crippen LogP contribution in [0.15, 0.2) is 78.9 Å². The van der Waals surface area contributed by atoms with Crippen molar-refractivity contribution in [3.05, 3.63) is 84.4 Å². The standard InChI is InChI=1S/C26H25N5O7S/c1-17(32)38-31-23-14-7-6-13-22(23)30(20-11-4-3-5-12-20)16-21(25(31)34)28-26(35)27-19-10-8-9-18(15-19)24(33)29-39(2,36)37/h3-15,21H,16H2,1-2H3,(H,29,33)(H2,27,28,35). The summed E-state index contributed by atoms with van der Waals surface area (Å²) in [5.74, 6) is -2.28. The molecule has 4 amide bonds. The number of nitrogens with one attached hydrogen (secondary N) is 3. The van der Waals surface area contributed by atoms with Crippen LogP contribution in [-0.2, 0) is 24.4 Å². The Morgan fingerprint density at radius 3 is 2.26 bits per heavy atom. The van der Waals surface area contributed by atoms with Crippen molar-refractivity contribution in [3.8, 4) is 0 Å². The fraction of sp³-hybridized carbons (Fsp3) is 0.154. The van der Waals surface area contributed by atoms with Gasteiger partial charge in [-0.1, -0.05) is 36.4 Å². The van der Waals surface area contributed by atoms with Crippen molar-refractivity contribution in [2.75, 3.05) is 28.1 Å². The third-order valence-electron chi connectivity index (χ3n) is 5.51. The Morgan fingerprint density at radius 1 is 0.923 bits per heavy atom. The van der Waals surface area contributed by atoms with E-state index in [9.17, 15) is 27.6 Å². The highest BCUT2D eigenvalue weighted by Crippen LogP contribution is 2.37. The van der Waals surface area contributed by atoms with Crippen LogP contribution in [0.2, 0.25) is 0 Å². The van der Waals surface area contributed by atoms with Crippen LogP contribution in [0.25, 0.3) is 0 Å². The maximum absolute atomic E-state index is 13.6. The van der Waals surface area contributed by atoms with Gasteiger partial charge in [-0.3, -0.25) is 9.59 Å². The fourth-order valence-corrected chi connectivity index (χ4v) is 4.41. The zero-order valence-electron chi connectivity index (χ0n) is 21.0. The van der Waals surface area contributed by atoms with E-state index in [1.54, 1.807) is 24.3 Å². The number of benzene rings is 3. The lowest BCUT2D eigenvalue weighted by atomic mass is 10.2. The van der Waals surface area contributed by atoms with Gasteiger partial charge in [-0.2, -0.15) is 0 Å². The van der Waals surface area contributed by atoms with Gasteiger partial charge in [0.15, 0.2) is 0 Å². The Bertz CT molecular complexity index is 1530. The molecular formula is C26H25N5O7S. The van der Waals surface area contributed by atoms with E-state index in [1.165, 1.54) is 24.3 Å². The maximum Gasteiger partial charge on any atom is 0.330 e. The number of hydroxylamine groups is 1. The summed E-state index contributed by atoms with van der Waals surface area (Å²) in [4.78, 5) is 57.7. The first kappa shape index (κ1) is 27.1. The number of nitrogens with zero attached hydrogens (tertiary/aromatic N) is 2. The number of para-hydroxylation sites is 3. The van der Waals surface area contributed by atoms with Crippen molar-refractivity contribution in [1.82, 2.24) is 10.0 Å². The van der Waals surface area contributed by atoms with Crippen LogP contribution in [0.4, 0.5) is 27.5 Å². The molecule has 39 heavy (non-hydrogen) atoms. The van der Waals surface area contributed by atoms with Crippen LogP contribution in [0.3, 0.4) is 0 Å². The van der Waals surface area contributed by atoms with Gasteiger partial charge < -0.3 is 20.4 Å². The Morgan fingerprint density at radius 2 is 1.59 bits per heavy atom. The van der Waals surface area contributed by atoms with Gasteiger partial charge in [-0.05, 0) is 42.5 Å². The van der Waals surface area contributed by atoms with Crippen LogP contribution in [0.1, 0.15) is 17.3 Å². The lowest BCUT2D eigenvalue weighted by Crippen LogP contribution is -2.52. The predicted molar refractivity (Wildman–Crippen MR) is 144 cm³/mol. The first-order valence-corrected chi connectivity index (χ1v) is 13.5. The molecule has 1 atom stereocenters. The largest absolute Gasteiger partial charge is 0.337 e. The Labute approximate surface area is 224 Å². The maximum atomic E-state index is 13.6. The molecule has 0 aromatic heterocycles. The number of urea groups is 1. The van der Waals surface area contributed by atoms with E-state index in [2.05, 4.69) is 10.6 Å². The van der Waals surface area contributed by atoms with Crippen LogP contribution in [-0.4, -0.2) is 51.1 Å². The van der Waals surface area contributed by atoms with Crippen LogP contribution in [0.5, 0.6) is 0 Å². The summed E-state index contributed by atoms with van der Waals surface area (Å²) < 4.78 is 24.6. The summed E-state index contributed by atoms with van der Waals surface area (Å²) in [5.41, 5.74) is 1.80. The molecule has 1 heterocycles. The Balaban J connectivity index is 1.61. The summed E-state index contributed by atoms with van der Waals surface area (Å²) in [7, 11) is -3.78. The van der Waals surface area contributed by atoms with Crippen molar-refractivity contribution in [3.63, 3.8) is 0 Å². The number of hydrogen-bond donors (Lipinski definition) is 3. The second kappa shape index (κ2) is 11.2. The summed E-state index contributed by atoms with van der Waals surface area (Å²) in [5, 5.41) is 6.02. The van der Waals surface area contributed by atoms with Gasteiger partial charge in [0.2, 0.25) is 10.0 Å². The lowest BCUT2D eigenvalue weighted by molar-refractivity contribution is -0.148. The quantitative estimate of drug-likeness (QED) is 0.422. The summed E-state index contributed by atoms with van der Waals surface area (Å²) in [6.45, 7) is 1.17. The molecule has 202 valence electrons. The SMILES string of the molecule is CC(=O)ON1C(=O)C(NC(=O)Nc2cccc(C(=O)NS(C)(=O)=O)c2)CN(c2ccccc2)c2ccccc21. The molecule has 0 fully saturated rings. The highest BCUT2D eigenvalue weighted by Gasteiger charge is 2.37. The number of rotatable bonds is 6. The summed E-state index contributed by atoms with van der Waals surface area (Å²) >= 11 is 0. The smallest absolute Gasteiger partial charge is 0.330 e. The molecule has 13 heteroatoms. The number of carbonyl (C=O) groups excluding carboxylic acids is 4. The zero-order valence-corrected chi connectivity index (χ0v) is 21.8. The number of fused-ring (bicyclic) bond motifs is 1. The average molecular weight is 552 g/mol. The molecular weight excluding hydrogens is 526 g/mol. The second-order valence-electron chi connectivity index (χ2n) is 8.59. The molecule has 3 N–H and O–H groups in total. The number of sulfonamides is 1. The average Bonchev–Trinajstić information content (AvgIpc) is 2.99. The molecule has 0 saturated carbocycles. The van der Waals surface area contributed by atoms with Gasteiger partial charge >= 0.3 is 12.0 Å². The molecule has 1 aliphatic heterocycles. The molecule has 12 nitrogen and oxygen atoms in total. The predicted octanol–water partition coefficient (Wildman–Crippen LogP) is 2.53. The number of amides is 4. The van der Waals surface area contributed by atoms with Gasteiger partial charge in [0.1, 0.15) is 11.7 Å². The van der Waals surface area contributed by atoms with Crippen molar-refractivity contribution in [1.29, 1.82) is 0 Å². The summed E-state index contributed by atoms with van der Waals surface area (Å²) in [6, 6.07) is 19.7. The topological polar surface area (TPSA) is 154 Å². The van der Waals surface area contributed by atoms with Gasteiger partial charge in [0, 0.05) is 23.9 Å². The molecule has 0 saturated heterocycles. The van der Waals surface area contributed by atoms with Gasteiger partial charge in [0.05, 0.1) is 18.5 Å². The first-order chi connectivity index (χ1) is 18.5. The first-order valence-electron chi connectivity index (χ1n) is 11.7. The molecule has 1 aliphatic rings. The Hall–Kier alpha value is -4.91. The second-order valence-corrected chi connectivity index (χ2v) is 10.3. The summed E-state index contributed by atoms with van der Waals surface area (Å²) in [6.07, 6.45) is 0.848. The van der Waals surface area contributed by atoms with Crippen LogP contribution >= 0.6 is 0 Å². The normalized spacial score (nSPS) is 15.0. The highest BCUT2D eigenvalue weighted by molar-refractivity contribution is 7.89. The van der Waals surface area contributed by atoms with E-state index >= 15 is 0 Å². The minimum absolute atomic E-state index is 0.00184. The molecule has 0 radical (unpaired) electrons. The highest BCUT2D eigenvalue weighted by atomic mass is 32.2. The molecule has 3 aromatic carbocycles. The van der Waals surface area contributed by atoms with Crippen molar-refractivity contribution in [2.24, 2.45) is 0 Å². The molecule has 1 unspecified atom stereocenters. The van der Waals surface area contributed by atoms with Crippen LogP contribution < -0.4 is 25.3 Å². The molecule has 0 bridgehead atoms.